The molecule has 0 saturated heterocycles. The van der Waals surface area contributed by atoms with Crippen LogP contribution < -0.4 is 15.4 Å². The molecule has 2 N–H and O–H groups in total. The largest absolute Gasteiger partial charge is 0.497 e. The van der Waals surface area contributed by atoms with Crippen LogP contribution in [0.5, 0.6) is 5.75 Å². The maximum Gasteiger partial charge on any atom is 0.319 e. The van der Waals surface area contributed by atoms with Crippen molar-refractivity contribution in [1.82, 2.24) is 5.32 Å². The molecule has 2 aromatic rings. The molecule has 0 spiro atoms. The predicted octanol–water partition coefficient (Wildman–Crippen LogP) is 3.16. The van der Waals surface area contributed by atoms with Gasteiger partial charge in [-0.15, -0.1) is 0 Å². The van der Waals surface area contributed by atoms with E-state index in [2.05, 4.69) is 10.6 Å². The lowest BCUT2D eigenvalue weighted by atomic mass is 10.2. The van der Waals surface area contributed by atoms with Gasteiger partial charge in [0.15, 0.2) is 0 Å². The first kappa shape index (κ1) is 13.9. The summed E-state index contributed by atoms with van der Waals surface area (Å²) in [6.07, 6.45) is 0. The fraction of sp³-hybridized carbons (Fsp3) is 0.133. The molecule has 0 bridgehead atoms. The smallest absolute Gasteiger partial charge is 0.319 e. The minimum Gasteiger partial charge on any atom is -0.497 e. The first-order valence-corrected chi connectivity index (χ1v) is 6.11. The zero-order valence-electron chi connectivity index (χ0n) is 11.0. The molecule has 0 aromatic heterocycles. The summed E-state index contributed by atoms with van der Waals surface area (Å²) in [6.45, 7) is 0.351. The maximum atomic E-state index is 13.3. The number of anilines is 1. The van der Waals surface area contributed by atoms with Crippen LogP contribution in [0.1, 0.15) is 5.56 Å². The highest BCUT2D eigenvalue weighted by Gasteiger charge is 2.05. The van der Waals surface area contributed by atoms with Crippen molar-refractivity contribution in [3.63, 3.8) is 0 Å². The fourth-order valence-corrected chi connectivity index (χ4v) is 1.65. The number of hydrogen-bond donors (Lipinski definition) is 2. The minimum absolute atomic E-state index is 0.153. The molecular weight excluding hydrogens is 259 g/mol. The van der Waals surface area contributed by atoms with E-state index in [4.69, 9.17) is 4.74 Å². The molecule has 20 heavy (non-hydrogen) atoms. The molecule has 0 radical (unpaired) electrons. The molecule has 0 saturated carbocycles. The Labute approximate surface area is 116 Å². The minimum atomic E-state index is -0.466. The first-order valence-electron chi connectivity index (χ1n) is 6.11. The van der Waals surface area contributed by atoms with Gasteiger partial charge in [0.2, 0.25) is 0 Å². The monoisotopic (exact) mass is 274 g/mol. The second kappa shape index (κ2) is 6.56. The summed E-state index contributed by atoms with van der Waals surface area (Å²) in [7, 11) is 1.59. The van der Waals surface area contributed by atoms with Gasteiger partial charge in [-0.25, -0.2) is 9.18 Å². The lowest BCUT2D eigenvalue weighted by Gasteiger charge is -2.08. The summed E-state index contributed by atoms with van der Waals surface area (Å²) in [6, 6.07) is 12.9. The molecule has 0 aliphatic rings. The first-order chi connectivity index (χ1) is 9.69. The van der Waals surface area contributed by atoms with E-state index in [1.807, 2.05) is 24.3 Å². The van der Waals surface area contributed by atoms with Gasteiger partial charge in [-0.1, -0.05) is 24.3 Å². The number of carbonyl (C=O) groups is 1. The van der Waals surface area contributed by atoms with Gasteiger partial charge in [0.25, 0.3) is 0 Å². The van der Waals surface area contributed by atoms with Crippen LogP contribution in [0.25, 0.3) is 0 Å². The Morgan fingerprint density at radius 1 is 1.15 bits per heavy atom. The van der Waals surface area contributed by atoms with Crippen molar-refractivity contribution >= 4 is 11.7 Å². The third-order valence-electron chi connectivity index (χ3n) is 2.73. The molecule has 4 nitrogen and oxygen atoms in total. The zero-order chi connectivity index (χ0) is 14.4. The Kier molecular flexibility index (Phi) is 4.55. The Hall–Kier alpha value is -2.56. The van der Waals surface area contributed by atoms with Gasteiger partial charge >= 0.3 is 6.03 Å². The number of methoxy groups -OCH3 is 1. The normalized spacial score (nSPS) is 9.90. The number of carbonyl (C=O) groups excluding carboxylic acids is 1. The highest BCUT2D eigenvalue weighted by molar-refractivity contribution is 5.89. The van der Waals surface area contributed by atoms with Gasteiger partial charge in [-0.2, -0.15) is 0 Å². The van der Waals surface area contributed by atoms with Gasteiger partial charge < -0.3 is 15.4 Å². The summed E-state index contributed by atoms with van der Waals surface area (Å²) in [4.78, 5) is 11.6. The fourth-order valence-electron chi connectivity index (χ4n) is 1.65. The molecular formula is C15H15FN2O2. The van der Waals surface area contributed by atoms with E-state index in [9.17, 15) is 9.18 Å². The second-order valence-electron chi connectivity index (χ2n) is 4.14. The topological polar surface area (TPSA) is 50.4 Å². The Morgan fingerprint density at radius 3 is 2.50 bits per heavy atom. The van der Waals surface area contributed by atoms with Crippen molar-refractivity contribution < 1.29 is 13.9 Å². The van der Waals surface area contributed by atoms with Crippen LogP contribution in [-0.2, 0) is 6.54 Å². The average molecular weight is 274 g/mol. The standard InChI is InChI=1S/C15H15FN2O2/c1-20-12-8-6-11(7-9-12)10-17-15(19)18-14-5-3-2-4-13(14)16/h2-9H,10H2,1H3,(H2,17,18,19). The number of urea groups is 1. The lowest BCUT2D eigenvalue weighted by molar-refractivity contribution is 0.251. The van der Waals surface area contributed by atoms with Gasteiger partial charge in [-0.05, 0) is 29.8 Å². The zero-order valence-corrected chi connectivity index (χ0v) is 11.0. The summed E-state index contributed by atoms with van der Waals surface area (Å²) < 4.78 is 18.4. The SMILES string of the molecule is COc1ccc(CNC(=O)Nc2ccccc2F)cc1. The molecule has 0 heterocycles. The molecule has 2 aromatic carbocycles. The van der Waals surface area contributed by atoms with E-state index < -0.39 is 11.8 Å². The number of benzene rings is 2. The summed E-state index contributed by atoms with van der Waals surface area (Å²) in [5.74, 6) is 0.289. The molecule has 0 aliphatic heterocycles. The van der Waals surface area contributed by atoms with E-state index in [1.54, 1.807) is 19.2 Å². The van der Waals surface area contributed by atoms with Crippen molar-refractivity contribution in [2.45, 2.75) is 6.54 Å². The number of hydrogen-bond acceptors (Lipinski definition) is 2. The average Bonchev–Trinajstić information content (AvgIpc) is 2.48. The molecule has 104 valence electrons. The second-order valence-corrected chi connectivity index (χ2v) is 4.14. The lowest BCUT2D eigenvalue weighted by Crippen LogP contribution is -2.28. The van der Waals surface area contributed by atoms with Crippen molar-refractivity contribution in [1.29, 1.82) is 0 Å². The van der Waals surface area contributed by atoms with Crippen LogP contribution in [0.2, 0.25) is 0 Å². The number of rotatable bonds is 4. The molecule has 2 amide bonds. The molecule has 0 unspecified atom stereocenters. The third kappa shape index (κ3) is 3.71. The van der Waals surface area contributed by atoms with Crippen LogP contribution >= 0.6 is 0 Å². The number of para-hydroxylation sites is 1. The van der Waals surface area contributed by atoms with Gasteiger partial charge in [0, 0.05) is 6.54 Å². The van der Waals surface area contributed by atoms with Crippen molar-refractivity contribution in [3.05, 3.63) is 59.9 Å². The number of amides is 2. The van der Waals surface area contributed by atoms with Crippen LogP contribution in [0.4, 0.5) is 14.9 Å². The van der Waals surface area contributed by atoms with Crippen LogP contribution in [0.15, 0.2) is 48.5 Å². The number of ether oxygens (including phenoxy) is 1. The van der Waals surface area contributed by atoms with Crippen LogP contribution in [0.3, 0.4) is 0 Å². The summed E-state index contributed by atoms with van der Waals surface area (Å²) >= 11 is 0. The van der Waals surface area contributed by atoms with Crippen molar-refractivity contribution in [2.75, 3.05) is 12.4 Å². The van der Waals surface area contributed by atoms with Crippen LogP contribution in [-0.4, -0.2) is 13.1 Å². The molecule has 2 rings (SSSR count). The van der Waals surface area contributed by atoms with Gasteiger partial charge in [0.1, 0.15) is 11.6 Å². The molecule has 0 aliphatic carbocycles. The Bertz CT molecular complexity index is 585. The van der Waals surface area contributed by atoms with E-state index in [1.165, 1.54) is 12.1 Å². The molecule has 0 fully saturated rings. The summed E-state index contributed by atoms with van der Waals surface area (Å²) in [5.41, 5.74) is 1.08. The van der Waals surface area contributed by atoms with E-state index in [-0.39, 0.29) is 5.69 Å². The van der Waals surface area contributed by atoms with Gasteiger partial charge in [0.05, 0.1) is 12.8 Å². The van der Waals surface area contributed by atoms with Crippen molar-refractivity contribution in [2.24, 2.45) is 0 Å². The van der Waals surface area contributed by atoms with Crippen molar-refractivity contribution in [3.8, 4) is 5.75 Å². The van der Waals surface area contributed by atoms with E-state index >= 15 is 0 Å². The predicted molar refractivity (Wildman–Crippen MR) is 75.3 cm³/mol. The van der Waals surface area contributed by atoms with E-state index in [0.29, 0.717) is 6.54 Å². The Balaban J connectivity index is 1.87. The third-order valence-corrected chi connectivity index (χ3v) is 2.73. The molecule has 0 atom stereocenters. The van der Waals surface area contributed by atoms with Gasteiger partial charge in [-0.3, -0.25) is 0 Å². The van der Waals surface area contributed by atoms with E-state index in [0.717, 1.165) is 11.3 Å². The van der Waals surface area contributed by atoms with Crippen LogP contribution in [0, 0.1) is 5.82 Å². The highest BCUT2D eigenvalue weighted by atomic mass is 19.1. The molecule has 5 heteroatoms. The maximum absolute atomic E-state index is 13.3. The highest BCUT2D eigenvalue weighted by Crippen LogP contribution is 2.13. The number of halogens is 1. The summed E-state index contributed by atoms with van der Waals surface area (Å²) in [5, 5.41) is 5.11. The quantitative estimate of drug-likeness (QED) is 0.899. The Morgan fingerprint density at radius 2 is 1.85 bits per heavy atom. The number of nitrogens with one attached hydrogen (secondary N) is 2.